The summed E-state index contributed by atoms with van der Waals surface area (Å²) < 4.78 is 5.55. The zero-order valence-electron chi connectivity index (χ0n) is 11.8. The van der Waals surface area contributed by atoms with Crippen molar-refractivity contribution in [2.24, 2.45) is 4.99 Å². The number of hydrogen-bond donors (Lipinski definition) is 0. The fourth-order valence-corrected chi connectivity index (χ4v) is 1.92. The van der Waals surface area contributed by atoms with Crippen LogP contribution in [-0.4, -0.2) is 12.8 Å². The van der Waals surface area contributed by atoms with Crippen LogP contribution in [0.4, 0.5) is 5.69 Å². The zero-order valence-corrected chi connectivity index (χ0v) is 12.5. The molecule has 0 atom stereocenters. The van der Waals surface area contributed by atoms with Crippen LogP contribution >= 0.6 is 11.6 Å². The van der Waals surface area contributed by atoms with Crippen molar-refractivity contribution in [1.29, 1.82) is 0 Å². The highest BCUT2D eigenvalue weighted by molar-refractivity contribution is 6.31. The van der Waals surface area contributed by atoms with E-state index in [9.17, 15) is 0 Å². The van der Waals surface area contributed by atoms with Crippen LogP contribution in [0.3, 0.4) is 0 Å². The van der Waals surface area contributed by atoms with E-state index in [1.807, 2.05) is 55.6 Å². The lowest BCUT2D eigenvalue weighted by Crippen LogP contribution is -1.94. The second-order valence-corrected chi connectivity index (χ2v) is 4.97. The molecule has 104 valence electrons. The molecule has 0 N–H and O–H groups in total. The largest absolute Gasteiger partial charge is 0.494 e. The minimum Gasteiger partial charge on any atom is -0.494 e. The Morgan fingerprint density at radius 3 is 2.60 bits per heavy atom. The van der Waals surface area contributed by atoms with Crippen LogP contribution in [0.25, 0.3) is 0 Å². The summed E-state index contributed by atoms with van der Waals surface area (Å²) in [7, 11) is 0. The number of aliphatic imine (C=N–C) groups is 1. The smallest absolute Gasteiger partial charge is 0.119 e. The Hall–Kier alpha value is -1.80. The van der Waals surface area contributed by atoms with E-state index in [1.54, 1.807) is 0 Å². The number of nitrogens with zero attached hydrogens (tertiary/aromatic N) is 1. The maximum absolute atomic E-state index is 6.07. The van der Waals surface area contributed by atoms with Gasteiger partial charge in [0, 0.05) is 11.2 Å². The maximum atomic E-state index is 6.07. The number of benzene rings is 2. The van der Waals surface area contributed by atoms with E-state index in [1.165, 1.54) is 0 Å². The summed E-state index contributed by atoms with van der Waals surface area (Å²) >= 11 is 6.07. The third-order valence-electron chi connectivity index (χ3n) is 2.94. The first-order valence-corrected chi connectivity index (χ1v) is 7.10. The molecule has 0 aliphatic heterocycles. The van der Waals surface area contributed by atoms with Crippen molar-refractivity contribution >= 4 is 23.5 Å². The SMILES string of the molecule is CCCOc1ccc(C=Nc2cccc(Cl)c2C)cc1. The van der Waals surface area contributed by atoms with Gasteiger partial charge in [0.15, 0.2) is 0 Å². The lowest BCUT2D eigenvalue weighted by atomic mass is 10.2. The van der Waals surface area contributed by atoms with Gasteiger partial charge in [0.25, 0.3) is 0 Å². The second-order valence-electron chi connectivity index (χ2n) is 4.56. The van der Waals surface area contributed by atoms with Crippen molar-refractivity contribution in [3.05, 3.63) is 58.6 Å². The van der Waals surface area contributed by atoms with Crippen LogP contribution in [0.5, 0.6) is 5.75 Å². The van der Waals surface area contributed by atoms with E-state index < -0.39 is 0 Å². The molecule has 0 bridgehead atoms. The summed E-state index contributed by atoms with van der Waals surface area (Å²) in [5.41, 5.74) is 2.92. The van der Waals surface area contributed by atoms with Crippen LogP contribution in [0, 0.1) is 6.92 Å². The average molecular weight is 288 g/mol. The Balaban J connectivity index is 2.09. The third kappa shape index (κ3) is 3.84. The molecule has 0 unspecified atom stereocenters. The first-order valence-electron chi connectivity index (χ1n) is 6.72. The molecule has 20 heavy (non-hydrogen) atoms. The lowest BCUT2D eigenvalue weighted by Gasteiger charge is -2.04. The van der Waals surface area contributed by atoms with Crippen LogP contribution in [0.1, 0.15) is 24.5 Å². The van der Waals surface area contributed by atoms with Gasteiger partial charge < -0.3 is 4.74 Å². The van der Waals surface area contributed by atoms with Crippen molar-refractivity contribution in [3.63, 3.8) is 0 Å². The molecule has 3 heteroatoms. The van der Waals surface area contributed by atoms with E-state index in [-0.39, 0.29) is 0 Å². The van der Waals surface area contributed by atoms with Gasteiger partial charge in [-0.15, -0.1) is 0 Å². The summed E-state index contributed by atoms with van der Waals surface area (Å²) in [4.78, 5) is 4.48. The number of rotatable bonds is 5. The summed E-state index contributed by atoms with van der Waals surface area (Å²) in [6.07, 6.45) is 2.85. The number of ether oxygens (including phenoxy) is 1. The molecular formula is C17H18ClNO. The molecule has 0 aromatic heterocycles. The number of hydrogen-bond acceptors (Lipinski definition) is 2. The molecule has 0 heterocycles. The minimum atomic E-state index is 0.739. The van der Waals surface area contributed by atoms with Gasteiger partial charge in [-0.1, -0.05) is 24.6 Å². The Labute approximate surface area is 125 Å². The van der Waals surface area contributed by atoms with E-state index in [0.29, 0.717) is 0 Å². The van der Waals surface area contributed by atoms with Gasteiger partial charge >= 0.3 is 0 Å². The molecule has 0 radical (unpaired) electrons. The Kier molecular flexibility index (Phi) is 5.19. The van der Waals surface area contributed by atoms with Crippen molar-refractivity contribution in [1.82, 2.24) is 0 Å². The van der Waals surface area contributed by atoms with Gasteiger partial charge in [0.1, 0.15) is 5.75 Å². The highest BCUT2D eigenvalue weighted by Gasteiger charge is 1.99. The molecule has 0 saturated carbocycles. The Bertz CT molecular complexity index is 590. The monoisotopic (exact) mass is 287 g/mol. The predicted molar refractivity (Wildman–Crippen MR) is 85.7 cm³/mol. The number of halogens is 1. The van der Waals surface area contributed by atoms with Gasteiger partial charge in [0.2, 0.25) is 0 Å². The first-order chi connectivity index (χ1) is 9.70. The fraction of sp³-hybridized carbons (Fsp3) is 0.235. The highest BCUT2D eigenvalue weighted by Crippen LogP contribution is 2.25. The molecule has 0 aliphatic carbocycles. The third-order valence-corrected chi connectivity index (χ3v) is 3.35. The predicted octanol–water partition coefficient (Wildman–Crippen LogP) is 5.19. The average Bonchev–Trinajstić information content (AvgIpc) is 2.48. The molecule has 2 rings (SSSR count). The minimum absolute atomic E-state index is 0.739. The molecular weight excluding hydrogens is 270 g/mol. The Morgan fingerprint density at radius 1 is 1.15 bits per heavy atom. The second kappa shape index (κ2) is 7.11. The van der Waals surface area contributed by atoms with Crippen LogP contribution in [-0.2, 0) is 0 Å². The van der Waals surface area contributed by atoms with Gasteiger partial charge in [-0.05, 0) is 60.9 Å². The summed E-state index contributed by atoms with van der Waals surface area (Å²) in [6.45, 7) is 4.81. The van der Waals surface area contributed by atoms with Gasteiger partial charge in [-0.2, -0.15) is 0 Å². The molecule has 2 aromatic carbocycles. The van der Waals surface area contributed by atoms with Gasteiger partial charge in [0.05, 0.1) is 12.3 Å². The molecule has 0 saturated heterocycles. The van der Waals surface area contributed by atoms with Gasteiger partial charge in [-0.25, -0.2) is 0 Å². The normalized spacial score (nSPS) is 10.9. The van der Waals surface area contributed by atoms with Crippen LogP contribution < -0.4 is 4.74 Å². The van der Waals surface area contributed by atoms with Crippen molar-refractivity contribution in [3.8, 4) is 5.75 Å². The highest BCUT2D eigenvalue weighted by atomic mass is 35.5. The summed E-state index contributed by atoms with van der Waals surface area (Å²) in [5.74, 6) is 0.892. The van der Waals surface area contributed by atoms with E-state index in [2.05, 4.69) is 11.9 Å². The van der Waals surface area contributed by atoms with Crippen LogP contribution in [0.2, 0.25) is 5.02 Å². The standard InChI is InChI=1S/C17H18ClNO/c1-3-11-20-15-9-7-14(8-10-15)12-19-17-6-4-5-16(18)13(17)2/h4-10,12H,3,11H2,1-2H3. The fourth-order valence-electron chi connectivity index (χ4n) is 1.75. The molecule has 0 amide bonds. The zero-order chi connectivity index (χ0) is 14.4. The summed E-state index contributed by atoms with van der Waals surface area (Å²) in [5, 5.41) is 0.739. The van der Waals surface area contributed by atoms with Crippen molar-refractivity contribution < 1.29 is 4.74 Å². The van der Waals surface area contributed by atoms with Crippen molar-refractivity contribution in [2.45, 2.75) is 20.3 Å². The molecule has 2 nitrogen and oxygen atoms in total. The first kappa shape index (κ1) is 14.6. The van der Waals surface area contributed by atoms with Crippen molar-refractivity contribution in [2.75, 3.05) is 6.61 Å². The topological polar surface area (TPSA) is 21.6 Å². The maximum Gasteiger partial charge on any atom is 0.119 e. The molecule has 0 spiro atoms. The van der Waals surface area contributed by atoms with E-state index in [0.717, 1.165) is 40.6 Å². The van der Waals surface area contributed by atoms with E-state index in [4.69, 9.17) is 16.3 Å². The van der Waals surface area contributed by atoms with Crippen LogP contribution in [0.15, 0.2) is 47.5 Å². The lowest BCUT2D eigenvalue weighted by molar-refractivity contribution is 0.317. The summed E-state index contributed by atoms with van der Waals surface area (Å²) in [6, 6.07) is 13.6. The molecule has 2 aromatic rings. The molecule has 0 fully saturated rings. The van der Waals surface area contributed by atoms with E-state index >= 15 is 0 Å². The quantitative estimate of drug-likeness (QED) is 0.694. The Morgan fingerprint density at radius 2 is 1.90 bits per heavy atom. The van der Waals surface area contributed by atoms with Gasteiger partial charge in [-0.3, -0.25) is 4.99 Å². The molecule has 0 aliphatic rings.